The monoisotopic (exact) mass is 303 g/mol. The fraction of sp³-hybridized carbons (Fsp3) is 0.538. The molecular formula is C13H18ClNO3S. The van der Waals surface area contributed by atoms with Crippen LogP contribution in [0.3, 0.4) is 0 Å². The van der Waals surface area contributed by atoms with E-state index >= 15 is 0 Å². The SMILES string of the molecule is CC(CC(=O)c1ccc(Cl)s1)NC(=O)OC(C)(C)C. The summed E-state index contributed by atoms with van der Waals surface area (Å²) in [6, 6.07) is 3.09. The third-order valence-corrected chi connectivity index (χ3v) is 3.37. The molecule has 0 aliphatic rings. The summed E-state index contributed by atoms with van der Waals surface area (Å²) in [6.45, 7) is 7.12. The van der Waals surface area contributed by atoms with Crippen molar-refractivity contribution < 1.29 is 14.3 Å². The van der Waals surface area contributed by atoms with Crippen LogP contribution in [0, 0.1) is 0 Å². The van der Waals surface area contributed by atoms with Gasteiger partial charge in [-0.2, -0.15) is 0 Å². The molecule has 1 aromatic rings. The molecule has 1 atom stereocenters. The van der Waals surface area contributed by atoms with E-state index in [4.69, 9.17) is 16.3 Å². The number of Topliss-reactive ketones (excluding diaryl/α,β-unsaturated/α-hetero) is 1. The maximum atomic E-state index is 11.9. The zero-order valence-electron chi connectivity index (χ0n) is 11.5. The molecule has 19 heavy (non-hydrogen) atoms. The van der Waals surface area contributed by atoms with Gasteiger partial charge in [-0.15, -0.1) is 11.3 Å². The van der Waals surface area contributed by atoms with Crippen molar-refractivity contribution in [2.45, 2.75) is 45.8 Å². The van der Waals surface area contributed by atoms with Gasteiger partial charge in [0, 0.05) is 12.5 Å². The summed E-state index contributed by atoms with van der Waals surface area (Å²) in [5.41, 5.74) is -0.547. The number of hydrogen-bond donors (Lipinski definition) is 1. The van der Waals surface area contributed by atoms with E-state index in [1.807, 2.05) is 0 Å². The molecule has 0 aromatic carbocycles. The Labute approximate surface area is 122 Å². The predicted octanol–water partition coefficient (Wildman–Crippen LogP) is 3.89. The minimum Gasteiger partial charge on any atom is -0.444 e. The fourth-order valence-electron chi connectivity index (χ4n) is 1.40. The Hall–Kier alpha value is -1.07. The number of carbonyl (C=O) groups is 2. The Morgan fingerprint density at radius 1 is 1.42 bits per heavy atom. The van der Waals surface area contributed by atoms with E-state index in [-0.39, 0.29) is 18.2 Å². The number of alkyl carbamates (subject to hydrolysis) is 1. The first-order valence-electron chi connectivity index (χ1n) is 5.95. The topological polar surface area (TPSA) is 55.4 Å². The molecule has 1 rings (SSSR count). The van der Waals surface area contributed by atoms with E-state index < -0.39 is 11.7 Å². The van der Waals surface area contributed by atoms with Crippen LogP contribution in [0.25, 0.3) is 0 Å². The van der Waals surface area contributed by atoms with E-state index in [0.717, 1.165) is 0 Å². The molecule has 1 aromatic heterocycles. The zero-order chi connectivity index (χ0) is 14.6. The lowest BCUT2D eigenvalue weighted by molar-refractivity contribution is 0.0506. The third-order valence-electron chi connectivity index (χ3n) is 2.10. The summed E-state index contributed by atoms with van der Waals surface area (Å²) in [7, 11) is 0. The molecule has 1 unspecified atom stereocenters. The maximum Gasteiger partial charge on any atom is 0.407 e. The lowest BCUT2D eigenvalue weighted by atomic mass is 10.1. The normalized spacial score (nSPS) is 12.9. The third kappa shape index (κ3) is 6.07. The molecule has 0 saturated heterocycles. The second-order valence-electron chi connectivity index (χ2n) is 5.28. The highest BCUT2D eigenvalue weighted by Gasteiger charge is 2.19. The first kappa shape index (κ1) is 16.0. The summed E-state index contributed by atoms with van der Waals surface area (Å²) in [4.78, 5) is 24.0. The zero-order valence-corrected chi connectivity index (χ0v) is 13.0. The van der Waals surface area contributed by atoms with Gasteiger partial charge >= 0.3 is 6.09 Å². The van der Waals surface area contributed by atoms with Crippen LogP contribution in [0.1, 0.15) is 43.8 Å². The Morgan fingerprint density at radius 3 is 2.53 bits per heavy atom. The summed E-state index contributed by atoms with van der Waals surface area (Å²) in [5.74, 6) is -0.0412. The number of ketones is 1. The van der Waals surface area contributed by atoms with Crippen molar-refractivity contribution in [1.82, 2.24) is 5.32 Å². The first-order valence-corrected chi connectivity index (χ1v) is 7.15. The number of halogens is 1. The van der Waals surface area contributed by atoms with Crippen LogP contribution in [-0.4, -0.2) is 23.5 Å². The fourth-order valence-corrected chi connectivity index (χ4v) is 2.39. The maximum absolute atomic E-state index is 11.9. The molecule has 0 spiro atoms. The highest BCUT2D eigenvalue weighted by Crippen LogP contribution is 2.22. The number of ether oxygens (including phenoxy) is 1. The van der Waals surface area contributed by atoms with Gasteiger partial charge in [-0.25, -0.2) is 4.79 Å². The molecule has 0 aliphatic heterocycles. The van der Waals surface area contributed by atoms with Crippen LogP contribution in [0.4, 0.5) is 4.79 Å². The average molecular weight is 304 g/mol. The molecule has 0 bridgehead atoms. The summed E-state index contributed by atoms with van der Waals surface area (Å²) in [5, 5.41) is 2.63. The Balaban J connectivity index is 2.45. The van der Waals surface area contributed by atoms with Crippen molar-refractivity contribution in [2.75, 3.05) is 0 Å². The number of hydrogen-bond acceptors (Lipinski definition) is 4. The highest BCUT2D eigenvalue weighted by atomic mass is 35.5. The van der Waals surface area contributed by atoms with Crippen LogP contribution < -0.4 is 5.32 Å². The second-order valence-corrected chi connectivity index (χ2v) is 6.99. The summed E-state index contributed by atoms with van der Waals surface area (Å²) in [6.07, 6.45) is -0.298. The van der Waals surface area contributed by atoms with Gasteiger partial charge in [0.2, 0.25) is 0 Å². The molecule has 0 fully saturated rings. The molecule has 1 N–H and O–H groups in total. The van der Waals surface area contributed by atoms with Gasteiger partial charge in [0.05, 0.1) is 9.21 Å². The number of amides is 1. The van der Waals surface area contributed by atoms with Crippen molar-refractivity contribution in [2.24, 2.45) is 0 Å². The van der Waals surface area contributed by atoms with E-state index in [2.05, 4.69) is 5.32 Å². The Morgan fingerprint density at radius 2 is 2.05 bits per heavy atom. The minimum absolute atomic E-state index is 0.0412. The van der Waals surface area contributed by atoms with Crippen molar-refractivity contribution in [3.05, 3.63) is 21.3 Å². The second kappa shape index (κ2) is 6.39. The number of thiophene rings is 1. The van der Waals surface area contributed by atoms with Gasteiger partial charge < -0.3 is 10.1 Å². The smallest absolute Gasteiger partial charge is 0.407 e. The number of nitrogens with one attached hydrogen (secondary N) is 1. The van der Waals surface area contributed by atoms with Crippen molar-refractivity contribution in [3.8, 4) is 0 Å². The lowest BCUT2D eigenvalue weighted by Gasteiger charge is -2.21. The van der Waals surface area contributed by atoms with E-state index in [1.165, 1.54) is 11.3 Å². The molecule has 1 amide bonds. The number of rotatable bonds is 4. The molecule has 0 saturated carbocycles. The molecule has 0 aliphatic carbocycles. The van der Waals surface area contributed by atoms with Gasteiger partial charge in [-0.05, 0) is 39.8 Å². The van der Waals surface area contributed by atoms with E-state index in [0.29, 0.717) is 9.21 Å². The van der Waals surface area contributed by atoms with Crippen LogP contribution in [0.15, 0.2) is 12.1 Å². The van der Waals surface area contributed by atoms with Crippen LogP contribution >= 0.6 is 22.9 Å². The standard InChI is InChI=1S/C13H18ClNO3S/c1-8(15-12(17)18-13(2,3)4)7-9(16)10-5-6-11(14)19-10/h5-6,8H,7H2,1-4H3,(H,15,17). The lowest BCUT2D eigenvalue weighted by Crippen LogP contribution is -2.38. The van der Waals surface area contributed by atoms with Gasteiger partial charge in [-0.3, -0.25) is 4.79 Å². The van der Waals surface area contributed by atoms with E-state index in [9.17, 15) is 9.59 Å². The quantitative estimate of drug-likeness (QED) is 0.859. The van der Waals surface area contributed by atoms with Crippen LogP contribution in [0.2, 0.25) is 4.34 Å². The Bertz CT molecular complexity index is 465. The highest BCUT2D eigenvalue weighted by molar-refractivity contribution is 7.18. The van der Waals surface area contributed by atoms with Gasteiger partial charge in [0.15, 0.2) is 5.78 Å². The van der Waals surface area contributed by atoms with Crippen molar-refractivity contribution in [3.63, 3.8) is 0 Å². The molecule has 0 radical (unpaired) electrons. The van der Waals surface area contributed by atoms with Gasteiger partial charge in [-0.1, -0.05) is 11.6 Å². The molecule has 106 valence electrons. The van der Waals surface area contributed by atoms with Crippen LogP contribution in [0.5, 0.6) is 0 Å². The van der Waals surface area contributed by atoms with Gasteiger partial charge in [0.1, 0.15) is 5.60 Å². The molecule has 6 heteroatoms. The number of carbonyl (C=O) groups excluding carboxylic acids is 2. The molecular weight excluding hydrogens is 286 g/mol. The van der Waals surface area contributed by atoms with Crippen LogP contribution in [-0.2, 0) is 4.74 Å². The van der Waals surface area contributed by atoms with E-state index in [1.54, 1.807) is 39.8 Å². The first-order chi connectivity index (χ1) is 8.67. The largest absolute Gasteiger partial charge is 0.444 e. The summed E-state index contributed by atoms with van der Waals surface area (Å²) < 4.78 is 5.70. The molecule has 4 nitrogen and oxygen atoms in total. The predicted molar refractivity (Wildman–Crippen MR) is 77.1 cm³/mol. The van der Waals surface area contributed by atoms with Crippen molar-refractivity contribution >= 4 is 34.8 Å². The molecule has 1 heterocycles. The van der Waals surface area contributed by atoms with Gasteiger partial charge in [0.25, 0.3) is 0 Å². The minimum atomic E-state index is -0.547. The Kier molecular flexibility index (Phi) is 5.38. The summed E-state index contributed by atoms with van der Waals surface area (Å²) >= 11 is 7.01. The van der Waals surface area contributed by atoms with Crippen molar-refractivity contribution in [1.29, 1.82) is 0 Å². The average Bonchev–Trinajstić information content (AvgIpc) is 2.61.